The molecular weight excluding hydrogens is 270 g/mol. The first-order chi connectivity index (χ1) is 9.38. The average molecular weight is 296 g/mol. The Bertz CT molecular complexity index is 424. The van der Waals surface area contributed by atoms with E-state index >= 15 is 0 Å². The second kappa shape index (κ2) is 6.46. The zero-order valence-corrected chi connectivity index (χ0v) is 13.8. The lowest BCUT2D eigenvalue weighted by Crippen LogP contribution is -2.46. The molecular formula is C17H26ClNO. The summed E-state index contributed by atoms with van der Waals surface area (Å²) in [6, 6.07) is 8.99. The number of halogens is 1. The van der Waals surface area contributed by atoms with Crippen molar-refractivity contribution in [3.8, 4) is 0 Å². The van der Waals surface area contributed by atoms with Crippen LogP contribution in [0.5, 0.6) is 0 Å². The van der Waals surface area contributed by atoms with Gasteiger partial charge in [0.25, 0.3) is 0 Å². The molecule has 112 valence electrons. The first-order valence-corrected chi connectivity index (χ1v) is 7.95. The van der Waals surface area contributed by atoms with Crippen LogP contribution in [-0.2, 0) is 16.7 Å². The van der Waals surface area contributed by atoms with Crippen molar-refractivity contribution < 1.29 is 4.74 Å². The van der Waals surface area contributed by atoms with E-state index in [4.69, 9.17) is 16.3 Å². The van der Waals surface area contributed by atoms with Crippen molar-refractivity contribution in [2.45, 2.75) is 51.9 Å². The zero-order chi connectivity index (χ0) is 14.8. The second-order valence-electron chi connectivity index (χ2n) is 6.86. The number of hydrogen-bond donors (Lipinski definition) is 0. The van der Waals surface area contributed by atoms with Gasteiger partial charge in [-0.25, -0.2) is 0 Å². The fourth-order valence-electron chi connectivity index (χ4n) is 2.72. The van der Waals surface area contributed by atoms with Crippen molar-refractivity contribution in [3.05, 3.63) is 35.4 Å². The van der Waals surface area contributed by atoms with Gasteiger partial charge in [0.05, 0.1) is 12.2 Å². The molecule has 1 saturated heterocycles. The molecule has 1 fully saturated rings. The van der Waals surface area contributed by atoms with Gasteiger partial charge < -0.3 is 4.74 Å². The van der Waals surface area contributed by atoms with Gasteiger partial charge in [-0.15, -0.1) is 11.6 Å². The molecule has 3 heteroatoms. The zero-order valence-electron chi connectivity index (χ0n) is 13.0. The maximum absolute atomic E-state index is 5.93. The number of alkyl halides is 1. The van der Waals surface area contributed by atoms with Gasteiger partial charge in [0, 0.05) is 25.5 Å². The van der Waals surface area contributed by atoms with E-state index in [1.165, 1.54) is 11.1 Å². The molecule has 2 rings (SSSR count). The third-order valence-corrected chi connectivity index (χ3v) is 4.14. The fraction of sp³-hybridized carbons (Fsp3) is 0.647. The van der Waals surface area contributed by atoms with Gasteiger partial charge in [0.2, 0.25) is 0 Å². The highest BCUT2D eigenvalue weighted by Gasteiger charge is 2.24. The van der Waals surface area contributed by atoms with E-state index in [1.807, 2.05) is 0 Å². The van der Waals surface area contributed by atoms with E-state index in [-0.39, 0.29) is 17.6 Å². The maximum atomic E-state index is 5.93. The fourth-order valence-corrected chi connectivity index (χ4v) is 2.89. The maximum Gasteiger partial charge on any atom is 0.0841 e. The highest BCUT2D eigenvalue weighted by molar-refractivity contribution is 6.18. The Morgan fingerprint density at radius 1 is 1.20 bits per heavy atom. The molecule has 1 aromatic carbocycles. The van der Waals surface area contributed by atoms with E-state index in [0.717, 1.165) is 19.6 Å². The quantitative estimate of drug-likeness (QED) is 0.786. The van der Waals surface area contributed by atoms with E-state index in [0.29, 0.717) is 5.88 Å². The van der Waals surface area contributed by atoms with Crippen LogP contribution in [0.3, 0.4) is 0 Å². The van der Waals surface area contributed by atoms with E-state index in [1.54, 1.807) is 0 Å². The van der Waals surface area contributed by atoms with Crippen molar-refractivity contribution in [2.24, 2.45) is 0 Å². The Balaban J connectivity index is 1.99. The van der Waals surface area contributed by atoms with E-state index < -0.39 is 0 Å². The van der Waals surface area contributed by atoms with Crippen molar-refractivity contribution in [1.29, 1.82) is 0 Å². The van der Waals surface area contributed by atoms with E-state index in [2.05, 4.69) is 56.9 Å². The van der Waals surface area contributed by atoms with Crippen molar-refractivity contribution in [1.82, 2.24) is 4.90 Å². The lowest BCUT2D eigenvalue weighted by Gasteiger charge is -2.36. The number of rotatable bonds is 3. The molecule has 0 bridgehead atoms. The first-order valence-electron chi connectivity index (χ1n) is 7.41. The second-order valence-corrected chi connectivity index (χ2v) is 7.17. The Hall–Kier alpha value is -0.570. The molecule has 1 heterocycles. The van der Waals surface area contributed by atoms with Gasteiger partial charge in [0.1, 0.15) is 0 Å². The standard InChI is InChI=1S/C17H26ClNO/c1-13-10-19(12-16(9-18)20-13)11-14-5-7-15(8-6-14)17(2,3)4/h5-8,13,16H,9-12H2,1-4H3. The molecule has 0 saturated carbocycles. The van der Waals surface area contributed by atoms with Gasteiger partial charge in [-0.2, -0.15) is 0 Å². The third kappa shape index (κ3) is 4.21. The SMILES string of the molecule is CC1CN(Cc2ccc(C(C)(C)C)cc2)CC(CCl)O1. The third-order valence-electron chi connectivity index (χ3n) is 3.80. The summed E-state index contributed by atoms with van der Waals surface area (Å²) >= 11 is 5.93. The number of ether oxygens (including phenoxy) is 1. The highest BCUT2D eigenvalue weighted by Crippen LogP contribution is 2.23. The predicted octanol–water partition coefficient (Wildman–Crippen LogP) is 3.81. The molecule has 2 nitrogen and oxygen atoms in total. The van der Waals surface area contributed by atoms with Crippen LogP contribution in [0.15, 0.2) is 24.3 Å². The largest absolute Gasteiger partial charge is 0.371 e. The van der Waals surface area contributed by atoms with Crippen LogP contribution in [-0.4, -0.2) is 36.1 Å². The van der Waals surface area contributed by atoms with Gasteiger partial charge in [0.15, 0.2) is 0 Å². The van der Waals surface area contributed by atoms with Gasteiger partial charge in [-0.3, -0.25) is 4.90 Å². The topological polar surface area (TPSA) is 12.5 Å². The smallest absolute Gasteiger partial charge is 0.0841 e. The molecule has 1 aliphatic rings. The lowest BCUT2D eigenvalue weighted by atomic mass is 9.87. The summed E-state index contributed by atoms with van der Waals surface area (Å²) < 4.78 is 5.79. The molecule has 1 aliphatic heterocycles. The van der Waals surface area contributed by atoms with Crippen molar-refractivity contribution >= 4 is 11.6 Å². The van der Waals surface area contributed by atoms with Gasteiger partial charge in [-0.1, -0.05) is 45.0 Å². The Morgan fingerprint density at radius 3 is 2.40 bits per heavy atom. The summed E-state index contributed by atoms with van der Waals surface area (Å²) in [7, 11) is 0. The van der Waals surface area contributed by atoms with Crippen LogP contribution < -0.4 is 0 Å². The van der Waals surface area contributed by atoms with Crippen molar-refractivity contribution in [3.63, 3.8) is 0 Å². The molecule has 0 amide bonds. The molecule has 2 atom stereocenters. The molecule has 0 radical (unpaired) electrons. The van der Waals surface area contributed by atoms with Crippen LogP contribution >= 0.6 is 11.6 Å². The summed E-state index contributed by atoms with van der Waals surface area (Å²) in [5, 5.41) is 0. The lowest BCUT2D eigenvalue weighted by molar-refractivity contribution is -0.0688. The number of hydrogen-bond acceptors (Lipinski definition) is 2. The molecule has 1 aromatic rings. The summed E-state index contributed by atoms with van der Waals surface area (Å²) in [5.74, 6) is 0.573. The number of morpholine rings is 1. The Labute approximate surface area is 128 Å². The molecule has 0 aromatic heterocycles. The summed E-state index contributed by atoms with van der Waals surface area (Å²) in [4.78, 5) is 2.44. The minimum absolute atomic E-state index is 0.161. The minimum Gasteiger partial charge on any atom is -0.371 e. The van der Waals surface area contributed by atoms with Gasteiger partial charge in [-0.05, 0) is 23.5 Å². The van der Waals surface area contributed by atoms with Crippen LogP contribution in [0.1, 0.15) is 38.8 Å². The van der Waals surface area contributed by atoms with E-state index in [9.17, 15) is 0 Å². The normalized spacial score (nSPS) is 24.9. The number of benzene rings is 1. The summed E-state index contributed by atoms with van der Waals surface area (Å²) in [5.41, 5.74) is 2.96. The first kappa shape index (κ1) is 15.8. The van der Waals surface area contributed by atoms with Crippen LogP contribution in [0, 0.1) is 0 Å². The summed E-state index contributed by atoms with van der Waals surface area (Å²) in [6.45, 7) is 11.7. The van der Waals surface area contributed by atoms with Crippen LogP contribution in [0.4, 0.5) is 0 Å². The molecule has 2 unspecified atom stereocenters. The highest BCUT2D eigenvalue weighted by atomic mass is 35.5. The number of nitrogens with zero attached hydrogens (tertiary/aromatic N) is 1. The molecule has 0 N–H and O–H groups in total. The predicted molar refractivity (Wildman–Crippen MR) is 85.5 cm³/mol. The average Bonchev–Trinajstić information content (AvgIpc) is 2.37. The van der Waals surface area contributed by atoms with Gasteiger partial charge >= 0.3 is 0 Å². The van der Waals surface area contributed by atoms with Crippen molar-refractivity contribution in [2.75, 3.05) is 19.0 Å². The van der Waals surface area contributed by atoms with Crippen LogP contribution in [0.2, 0.25) is 0 Å². The summed E-state index contributed by atoms with van der Waals surface area (Å²) in [6.07, 6.45) is 0.426. The monoisotopic (exact) mass is 295 g/mol. The molecule has 0 aliphatic carbocycles. The minimum atomic E-state index is 0.161. The Kier molecular flexibility index (Phi) is 5.11. The molecule has 0 spiro atoms. The Morgan fingerprint density at radius 2 is 1.85 bits per heavy atom. The van der Waals surface area contributed by atoms with Crippen LogP contribution in [0.25, 0.3) is 0 Å². The molecule has 20 heavy (non-hydrogen) atoms.